The Bertz CT molecular complexity index is 165. The minimum absolute atomic E-state index is 0.303. The van der Waals surface area contributed by atoms with Gasteiger partial charge in [-0.05, 0) is 13.8 Å². The van der Waals surface area contributed by atoms with E-state index in [1.807, 2.05) is 13.8 Å². The average Bonchev–Trinajstić information content (AvgIpc) is 2.03. The zero-order chi connectivity index (χ0) is 9.56. The van der Waals surface area contributed by atoms with Crippen molar-refractivity contribution in [3.63, 3.8) is 0 Å². The molecule has 1 N–H and O–H groups in total. The lowest BCUT2D eigenvalue weighted by Crippen LogP contribution is -2.34. The second-order valence-electron chi connectivity index (χ2n) is 2.12. The predicted octanol–water partition coefficient (Wildman–Crippen LogP) is 0.549. The lowest BCUT2D eigenvalue weighted by molar-refractivity contribution is -0.134. The van der Waals surface area contributed by atoms with E-state index in [9.17, 15) is 9.59 Å². The van der Waals surface area contributed by atoms with E-state index in [2.05, 4.69) is 4.74 Å². The number of nitrogens with zero attached hydrogens (tertiary/aromatic N) is 1. The van der Waals surface area contributed by atoms with Gasteiger partial charge in [-0.1, -0.05) is 0 Å². The van der Waals surface area contributed by atoms with Crippen LogP contribution in [0, 0.1) is 0 Å². The van der Waals surface area contributed by atoms with E-state index in [0.717, 1.165) is 0 Å². The molecule has 0 rings (SSSR count). The van der Waals surface area contributed by atoms with Crippen molar-refractivity contribution in [1.82, 2.24) is 4.90 Å². The molecule has 0 aliphatic rings. The standard InChI is InChI=1S/C7H13NO4/c1-3-8(4-2)6(9)5-12-7(10)11/h3-5H2,1-2H3,(H,10,11). The molecule has 0 aromatic heterocycles. The molecule has 0 saturated heterocycles. The summed E-state index contributed by atoms with van der Waals surface area (Å²) in [5.41, 5.74) is 0. The molecule has 0 saturated carbocycles. The minimum atomic E-state index is -1.42. The number of ether oxygens (including phenoxy) is 1. The van der Waals surface area contributed by atoms with Crippen molar-refractivity contribution < 1.29 is 19.4 Å². The van der Waals surface area contributed by atoms with Gasteiger partial charge >= 0.3 is 6.16 Å². The Morgan fingerprint density at radius 2 is 1.83 bits per heavy atom. The molecule has 0 spiro atoms. The first-order valence-corrected chi connectivity index (χ1v) is 3.75. The summed E-state index contributed by atoms with van der Waals surface area (Å²) >= 11 is 0. The molecule has 0 bridgehead atoms. The van der Waals surface area contributed by atoms with Crippen LogP contribution in [0.4, 0.5) is 4.79 Å². The Hall–Kier alpha value is -1.26. The van der Waals surface area contributed by atoms with E-state index < -0.39 is 12.8 Å². The highest BCUT2D eigenvalue weighted by Gasteiger charge is 2.10. The van der Waals surface area contributed by atoms with Gasteiger partial charge in [-0.3, -0.25) is 4.79 Å². The van der Waals surface area contributed by atoms with Gasteiger partial charge in [0.2, 0.25) is 0 Å². The first-order valence-electron chi connectivity index (χ1n) is 3.75. The highest BCUT2D eigenvalue weighted by Crippen LogP contribution is 1.89. The number of carbonyl (C=O) groups is 2. The maximum atomic E-state index is 11.0. The molecule has 0 unspecified atom stereocenters. The average molecular weight is 175 g/mol. The number of likely N-dealkylation sites (N-methyl/N-ethyl adjacent to an activating group) is 1. The Balaban J connectivity index is 3.77. The van der Waals surface area contributed by atoms with Crippen LogP contribution in [0.1, 0.15) is 13.8 Å². The monoisotopic (exact) mass is 175 g/mol. The quantitative estimate of drug-likeness (QED) is 0.633. The number of carboxylic acid groups (broad SMARTS) is 1. The fraction of sp³-hybridized carbons (Fsp3) is 0.714. The normalized spacial score (nSPS) is 9.17. The highest BCUT2D eigenvalue weighted by molar-refractivity contribution is 5.79. The first-order chi connectivity index (χ1) is 5.61. The Morgan fingerprint density at radius 1 is 1.33 bits per heavy atom. The van der Waals surface area contributed by atoms with Crippen molar-refractivity contribution >= 4 is 12.1 Å². The van der Waals surface area contributed by atoms with Crippen molar-refractivity contribution in [2.24, 2.45) is 0 Å². The highest BCUT2D eigenvalue weighted by atomic mass is 16.7. The van der Waals surface area contributed by atoms with Gasteiger partial charge in [0.15, 0.2) is 6.61 Å². The maximum Gasteiger partial charge on any atom is 0.506 e. The van der Waals surface area contributed by atoms with Gasteiger partial charge in [0.25, 0.3) is 5.91 Å². The van der Waals surface area contributed by atoms with E-state index in [-0.39, 0.29) is 5.91 Å². The van der Waals surface area contributed by atoms with Crippen LogP contribution in [0.3, 0.4) is 0 Å². The van der Waals surface area contributed by atoms with Gasteiger partial charge in [0, 0.05) is 13.1 Å². The molecule has 0 fully saturated rings. The van der Waals surface area contributed by atoms with E-state index >= 15 is 0 Å². The van der Waals surface area contributed by atoms with Crippen LogP contribution in [0.15, 0.2) is 0 Å². The maximum absolute atomic E-state index is 11.0. The summed E-state index contributed by atoms with van der Waals surface area (Å²) in [4.78, 5) is 22.5. The Morgan fingerprint density at radius 3 is 2.17 bits per heavy atom. The summed E-state index contributed by atoms with van der Waals surface area (Å²) in [6, 6.07) is 0. The Labute approximate surface area is 70.9 Å². The zero-order valence-electron chi connectivity index (χ0n) is 7.24. The van der Waals surface area contributed by atoms with Crippen LogP contribution < -0.4 is 0 Å². The smallest absolute Gasteiger partial charge is 0.450 e. The molecule has 0 heterocycles. The van der Waals surface area contributed by atoms with E-state index in [1.165, 1.54) is 4.90 Å². The molecule has 70 valence electrons. The van der Waals surface area contributed by atoms with Gasteiger partial charge in [0.05, 0.1) is 0 Å². The fourth-order valence-electron chi connectivity index (χ4n) is 0.791. The number of carbonyl (C=O) groups excluding carboxylic acids is 1. The molecular weight excluding hydrogens is 162 g/mol. The molecule has 5 heteroatoms. The summed E-state index contributed by atoms with van der Waals surface area (Å²) in [5, 5.41) is 8.10. The summed E-state index contributed by atoms with van der Waals surface area (Å²) < 4.78 is 4.11. The summed E-state index contributed by atoms with van der Waals surface area (Å²) in [7, 11) is 0. The number of amides is 1. The van der Waals surface area contributed by atoms with Crippen LogP contribution >= 0.6 is 0 Å². The second kappa shape index (κ2) is 5.40. The van der Waals surface area contributed by atoms with Gasteiger partial charge in [0.1, 0.15) is 0 Å². The largest absolute Gasteiger partial charge is 0.506 e. The van der Waals surface area contributed by atoms with Gasteiger partial charge in [-0.15, -0.1) is 0 Å². The second-order valence-corrected chi connectivity index (χ2v) is 2.12. The van der Waals surface area contributed by atoms with Crippen LogP contribution in [0.5, 0.6) is 0 Å². The van der Waals surface area contributed by atoms with E-state index in [4.69, 9.17) is 5.11 Å². The molecular formula is C7H13NO4. The van der Waals surface area contributed by atoms with E-state index in [1.54, 1.807) is 0 Å². The van der Waals surface area contributed by atoms with Gasteiger partial charge in [-0.2, -0.15) is 0 Å². The Kier molecular flexibility index (Phi) is 4.83. The topological polar surface area (TPSA) is 66.8 Å². The van der Waals surface area contributed by atoms with Crippen molar-refractivity contribution in [3.8, 4) is 0 Å². The number of hydrogen-bond acceptors (Lipinski definition) is 3. The molecule has 0 atom stereocenters. The third-order valence-corrected chi connectivity index (χ3v) is 1.44. The van der Waals surface area contributed by atoms with E-state index in [0.29, 0.717) is 13.1 Å². The molecule has 1 amide bonds. The van der Waals surface area contributed by atoms with Crippen molar-refractivity contribution in [2.45, 2.75) is 13.8 Å². The molecule has 5 nitrogen and oxygen atoms in total. The molecule has 0 aliphatic carbocycles. The summed E-state index contributed by atoms with van der Waals surface area (Å²) in [5.74, 6) is -0.303. The SMILES string of the molecule is CCN(CC)C(=O)COC(=O)O. The lowest BCUT2D eigenvalue weighted by atomic mass is 10.5. The first kappa shape index (κ1) is 10.7. The predicted molar refractivity (Wildman–Crippen MR) is 41.9 cm³/mol. The number of rotatable bonds is 4. The minimum Gasteiger partial charge on any atom is -0.450 e. The summed E-state index contributed by atoms with van der Waals surface area (Å²) in [6.45, 7) is 4.39. The van der Waals surface area contributed by atoms with Crippen molar-refractivity contribution in [3.05, 3.63) is 0 Å². The van der Waals surface area contributed by atoms with Crippen LogP contribution in [-0.4, -0.2) is 41.8 Å². The van der Waals surface area contributed by atoms with Crippen LogP contribution in [0.2, 0.25) is 0 Å². The fourth-order valence-corrected chi connectivity index (χ4v) is 0.791. The number of hydrogen-bond donors (Lipinski definition) is 1. The molecule has 0 aromatic rings. The molecule has 12 heavy (non-hydrogen) atoms. The van der Waals surface area contributed by atoms with Gasteiger partial charge < -0.3 is 14.7 Å². The third-order valence-electron chi connectivity index (χ3n) is 1.44. The lowest BCUT2D eigenvalue weighted by Gasteiger charge is -2.17. The molecule has 0 aliphatic heterocycles. The third kappa shape index (κ3) is 3.80. The zero-order valence-corrected chi connectivity index (χ0v) is 7.24. The van der Waals surface area contributed by atoms with Crippen LogP contribution in [-0.2, 0) is 9.53 Å². The van der Waals surface area contributed by atoms with Crippen molar-refractivity contribution in [1.29, 1.82) is 0 Å². The molecule has 0 aromatic carbocycles. The summed E-state index contributed by atoms with van der Waals surface area (Å²) in [6.07, 6.45) is -1.42. The molecule has 0 radical (unpaired) electrons. The van der Waals surface area contributed by atoms with Crippen molar-refractivity contribution in [2.75, 3.05) is 19.7 Å². The van der Waals surface area contributed by atoms with Gasteiger partial charge in [-0.25, -0.2) is 4.79 Å². The van der Waals surface area contributed by atoms with Crippen LogP contribution in [0.25, 0.3) is 0 Å².